The molecule has 0 amide bonds. The number of morpholine rings is 1. The van der Waals surface area contributed by atoms with E-state index >= 15 is 0 Å². The number of aromatic carboxylic acids is 1. The standard InChI is InChI=1S/C17H18ClN3O3/c18-15-9-13(17(22)23)11-20-16(15)19-10-12-2-1-3-14(8-12)21-4-6-24-7-5-21/h1-3,8-9,11H,4-7,10H2,(H,19,20)(H,22,23). The van der Waals surface area contributed by atoms with Crippen molar-refractivity contribution in [2.75, 3.05) is 36.5 Å². The molecule has 1 aliphatic heterocycles. The lowest BCUT2D eigenvalue weighted by molar-refractivity contribution is 0.0696. The van der Waals surface area contributed by atoms with Crippen LogP contribution in [0.25, 0.3) is 0 Å². The number of hydrogen-bond acceptors (Lipinski definition) is 5. The number of aromatic nitrogens is 1. The van der Waals surface area contributed by atoms with Crippen LogP contribution in [0, 0.1) is 0 Å². The van der Waals surface area contributed by atoms with Gasteiger partial charge in [0.1, 0.15) is 5.82 Å². The fraction of sp³-hybridized carbons (Fsp3) is 0.294. The maximum atomic E-state index is 10.9. The van der Waals surface area contributed by atoms with Gasteiger partial charge in [-0.25, -0.2) is 9.78 Å². The number of benzene rings is 1. The van der Waals surface area contributed by atoms with Crippen molar-refractivity contribution in [2.45, 2.75) is 6.54 Å². The maximum absolute atomic E-state index is 10.9. The number of carboxylic acid groups (broad SMARTS) is 1. The second-order valence-corrected chi connectivity index (χ2v) is 5.89. The van der Waals surface area contributed by atoms with Gasteiger partial charge in [-0.3, -0.25) is 0 Å². The largest absolute Gasteiger partial charge is 0.478 e. The molecule has 6 nitrogen and oxygen atoms in total. The highest BCUT2D eigenvalue weighted by Gasteiger charge is 2.12. The summed E-state index contributed by atoms with van der Waals surface area (Å²) in [6.07, 6.45) is 1.29. The van der Waals surface area contributed by atoms with Crippen LogP contribution in [-0.4, -0.2) is 42.4 Å². The summed E-state index contributed by atoms with van der Waals surface area (Å²) in [5, 5.41) is 12.4. The summed E-state index contributed by atoms with van der Waals surface area (Å²) >= 11 is 6.08. The Kier molecular flexibility index (Phi) is 5.17. The van der Waals surface area contributed by atoms with Crippen molar-refractivity contribution in [1.29, 1.82) is 0 Å². The van der Waals surface area contributed by atoms with Crippen molar-refractivity contribution in [3.05, 3.63) is 52.7 Å². The van der Waals surface area contributed by atoms with E-state index < -0.39 is 5.97 Å². The first-order chi connectivity index (χ1) is 11.6. The molecule has 2 aromatic rings. The molecule has 0 aliphatic carbocycles. The van der Waals surface area contributed by atoms with E-state index in [9.17, 15) is 4.79 Å². The van der Waals surface area contributed by atoms with E-state index in [1.54, 1.807) is 0 Å². The lowest BCUT2D eigenvalue weighted by Crippen LogP contribution is -2.36. The second kappa shape index (κ2) is 7.51. The molecule has 126 valence electrons. The van der Waals surface area contributed by atoms with Crippen LogP contribution in [0.5, 0.6) is 0 Å². The fourth-order valence-electron chi connectivity index (χ4n) is 2.56. The van der Waals surface area contributed by atoms with E-state index in [4.69, 9.17) is 21.4 Å². The van der Waals surface area contributed by atoms with Gasteiger partial charge in [-0.2, -0.15) is 0 Å². The van der Waals surface area contributed by atoms with Gasteiger partial charge in [0.2, 0.25) is 0 Å². The Hall–Kier alpha value is -2.31. The number of ether oxygens (including phenoxy) is 1. The molecule has 0 atom stereocenters. The smallest absolute Gasteiger partial charge is 0.337 e. The minimum atomic E-state index is -1.05. The average Bonchev–Trinajstić information content (AvgIpc) is 2.61. The molecule has 0 unspecified atom stereocenters. The van der Waals surface area contributed by atoms with Crippen molar-refractivity contribution >= 4 is 29.1 Å². The molecule has 1 aliphatic rings. The topological polar surface area (TPSA) is 74.7 Å². The van der Waals surface area contributed by atoms with Crippen LogP contribution in [0.2, 0.25) is 5.02 Å². The van der Waals surface area contributed by atoms with E-state index in [-0.39, 0.29) is 5.56 Å². The first-order valence-electron chi connectivity index (χ1n) is 7.68. The van der Waals surface area contributed by atoms with Crippen LogP contribution in [-0.2, 0) is 11.3 Å². The Morgan fingerprint density at radius 3 is 2.83 bits per heavy atom. The number of pyridine rings is 1. The minimum absolute atomic E-state index is 0.0693. The van der Waals surface area contributed by atoms with E-state index in [2.05, 4.69) is 27.3 Å². The maximum Gasteiger partial charge on any atom is 0.337 e. The molecular weight excluding hydrogens is 330 g/mol. The first kappa shape index (κ1) is 16.5. The van der Waals surface area contributed by atoms with Gasteiger partial charge in [0.15, 0.2) is 0 Å². The highest BCUT2D eigenvalue weighted by atomic mass is 35.5. The third-order valence-corrected chi connectivity index (χ3v) is 4.12. The van der Waals surface area contributed by atoms with Crippen molar-refractivity contribution in [1.82, 2.24) is 4.98 Å². The summed E-state index contributed by atoms with van der Waals surface area (Å²) < 4.78 is 5.38. The van der Waals surface area contributed by atoms with E-state index in [0.29, 0.717) is 17.4 Å². The molecule has 2 heterocycles. The van der Waals surface area contributed by atoms with Gasteiger partial charge in [0.05, 0.1) is 23.8 Å². The molecular formula is C17H18ClN3O3. The predicted molar refractivity (Wildman–Crippen MR) is 93.0 cm³/mol. The van der Waals surface area contributed by atoms with Crippen LogP contribution in [0.4, 0.5) is 11.5 Å². The van der Waals surface area contributed by atoms with Crippen LogP contribution >= 0.6 is 11.6 Å². The fourth-order valence-corrected chi connectivity index (χ4v) is 2.79. The van der Waals surface area contributed by atoms with Crippen molar-refractivity contribution in [3.8, 4) is 0 Å². The molecule has 1 saturated heterocycles. The SMILES string of the molecule is O=C(O)c1cnc(NCc2cccc(N3CCOCC3)c2)c(Cl)c1. The highest BCUT2D eigenvalue weighted by Crippen LogP contribution is 2.22. The molecule has 2 N–H and O–H groups in total. The Bertz CT molecular complexity index is 733. The number of carboxylic acids is 1. The van der Waals surface area contributed by atoms with E-state index in [0.717, 1.165) is 37.6 Å². The molecule has 0 bridgehead atoms. The normalized spacial score (nSPS) is 14.5. The quantitative estimate of drug-likeness (QED) is 0.866. The lowest BCUT2D eigenvalue weighted by atomic mass is 10.1. The Labute approximate surface area is 145 Å². The molecule has 3 rings (SSSR count). The molecule has 1 fully saturated rings. The van der Waals surface area contributed by atoms with Gasteiger partial charge >= 0.3 is 5.97 Å². The summed E-state index contributed by atoms with van der Waals surface area (Å²) in [5.74, 6) is -0.576. The van der Waals surface area contributed by atoms with Gasteiger partial charge in [0.25, 0.3) is 0 Å². The number of halogens is 1. The Balaban J connectivity index is 1.67. The molecule has 7 heteroatoms. The van der Waals surface area contributed by atoms with Crippen LogP contribution in [0.3, 0.4) is 0 Å². The van der Waals surface area contributed by atoms with Gasteiger partial charge in [-0.1, -0.05) is 23.7 Å². The summed E-state index contributed by atoms with van der Waals surface area (Å²) in [4.78, 5) is 17.3. The number of nitrogens with one attached hydrogen (secondary N) is 1. The van der Waals surface area contributed by atoms with Gasteiger partial charge in [-0.15, -0.1) is 0 Å². The summed E-state index contributed by atoms with van der Waals surface area (Å²) in [5.41, 5.74) is 2.33. The summed E-state index contributed by atoms with van der Waals surface area (Å²) in [7, 11) is 0. The van der Waals surface area contributed by atoms with Gasteiger partial charge in [0, 0.05) is 31.5 Å². The van der Waals surface area contributed by atoms with Crippen LogP contribution in [0.1, 0.15) is 15.9 Å². The summed E-state index contributed by atoms with van der Waals surface area (Å²) in [6.45, 7) is 3.83. The van der Waals surface area contributed by atoms with Crippen molar-refractivity contribution in [2.24, 2.45) is 0 Å². The third kappa shape index (κ3) is 3.96. The molecule has 0 spiro atoms. The predicted octanol–water partition coefficient (Wildman–Crippen LogP) is 2.88. The monoisotopic (exact) mass is 347 g/mol. The zero-order chi connectivity index (χ0) is 16.9. The Morgan fingerprint density at radius 1 is 1.33 bits per heavy atom. The molecule has 1 aromatic heterocycles. The highest BCUT2D eigenvalue weighted by molar-refractivity contribution is 6.33. The van der Waals surface area contributed by atoms with E-state index in [1.165, 1.54) is 12.3 Å². The number of anilines is 2. The zero-order valence-electron chi connectivity index (χ0n) is 13.0. The molecule has 0 saturated carbocycles. The number of rotatable bonds is 5. The van der Waals surface area contributed by atoms with Crippen LogP contribution in [0.15, 0.2) is 36.5 Å². The average molecular weight is 348 g/mol. The van der Waals surface area contributed by atoms with Crippen LogP contribution < -0.4 is 10.2 Å². The van der Waals surface area contributed by atoms with Crippen molar-refractivity contribution < 1.29 is 14.6 Å². The van der Waals surface area contributed by atoms with E-state index in [1.807, 2.05) is 12.1 Å². The zero-order valence-corrected chi connectivity index (χ0v) is 13.8. The van der Waals surface area contributed by atoms with Gasteiger partial charge in [-0.05, 0) is 23.8 Å². The second-order valence-electron chi connectivity index (χ2n) is 5.48. The van der Waals surface area contributed by atoms with Crippen molar-refractivity contribution in [3.63, 3.8) is 0 Å². The molecule has 0 radical (unpaired) electrons. The van der Waals surface area contributed by atoms with Gasteiger partial charge < -0.3 is 20.1 Å². The minimum Gasteiger partial charge on any atom is -0.478 e. The lowest BCUT2D eigenvalue weighted by Gasteiger charge is -2.29. The Morgan fingerprint density at radius 2 is 2.12 bits per heavy atom. The number of nitrogens with zero attached hydrogens (tertiary/aromatic N) is 2. The summed E-state index contributed by atoms with van der Waals surface area (Å²) in [6, 6.07) is 9.64. The third-order valence-electron chi connectivity index (χ3n) is 3.83. The molecule has 24 heavy (non-hydrogen) atoms. The number of carbonyl (C=O) groups is 1. The first-order valence-corrected chi connectivity index (χ1v) is 8.05. The number of hydrogen-bond donors (Lipinski definition) is 2. The molecule has 1 aromatic carbocycles.